The lowest BCUT2D eigenvalue weighted by atomic mass is 9.90. The highest BCUT2D eigenvalue weighted by Crippen LogP contribution is 2.39. The highest BCUT2D eigenvalue weighted by Gasteiger charge is 2.31. The van der Waals surface area contributed by atoms with E-state index in [4.69, 9.17) is 10.5 Å². The van der Waals surface area contributed by atoms with Crippen molar-refractivity contribution in [1.82, 2.24) is 0 Å². The van der Waals surface area contributed by atoms with Crippen LogP contribution in [0.1, 0.15) is 31.9 Å². The van der Waals surface area contributed by atoms with Crippen molar-refractivity contribution >= 4 is 0 Å². The molecule has 0 radical (unpaired) electrons. The van der Waals surface area contributed by atoms with Crippen LogP contribution in [0, 0.1) is 0 Å². The molecule has 2 rings (SSSR count). The highest BCUT2D eigenvalue weighted by molar-refractivity contribution is 5.43. The normalized spacial score (nSPS) is 23.8. The molecule has 1 aliphatic rings. The average Bonchev–Trinajstić information content (AvgIpc) is 2.00. The number of benzene rings is 1. The highest BCUT2D eigenvalue weighted by atomic mass is 16.5. The van der Waals surface area contributed by atoms with E-state index in [9.17, 15) is 5.11 Å². The van der Waals surface area contributed by atoms with Gasteiger partial charge in [-0.3, -0.25) is 0 Å². The van der Waals surface area contributed by atoms with Gasteiger partial charge in [-0.15, -0.1) is 0 Å². The SMILES string of the molecule is CC1(C)C[C@@H](N)c2ccc(O)cc2O1. The summed E-state index contributed by atoms with van der Waals surface area (Å²) in [7, 11) is 0. The molecule has 1 heterocycles. The first-order valence-corrected chi connectivity index (χ1v) is 4.75. The molecule has 0 aliphatic carbocycles. The van der Waals surface area contributed by atoms with E-state index >= 15 is 0 Å². The maximum absolute atomic E-state index is 9.32. The number of ether oxygens (including phenoxy) is 1. The maximum Gasteiger partial charge on any atom is 0.128 e. The van der Waals surface area contributed by atoms with E-state index in [1.165, 1.54) is 0 Å². The fraction of sp³-hybridized carbons (Fsp3) is 0.455. The fourth-order valence-corrected chi connectivity index (χ4v) is 1.90. The average molecular weight is 193 g/mol. The van der Waals surface area contributed by atoms with Crippen LogP contribution in [0.25, 0.3) is 0 Å². The van der Waals surface area contributed by atoms with E-state index in [0.29, 0.717) is 5.75 Å². The van der Waals surface area contributed by atoms with Crippen molar-refractivity contribution in [2.75, 3.05) is 0 Å². The summed E-state index contributed by atoms with van der Waals surface area (Å²) in [6, 6.07) is 5.08. The molecule has 14 heavy (non-hydrogen) atoms. The number of rotatable bonds is 0. The van der Waals surface area contributed by atoms with E-state index in [2.05, 4.69) is 0 Å². The molecule has 0 saturated heterocycles. The second-order valence-corrected chi connectivity index (χ2v) is 4.39. The van der Waals surface area contributed by atoms with Crippen molar-refractivity contribution in [3.05, 3.63) is 23.8 Å². The minimum Gasteiger partial charge on any atom is -0.508 e. The van der Waals surface area contributed by atoms with Gasteiger partial charge in [-0.2, -0.15) is 0 Å². The molecule has 0 spiro atoms. The Labute approximate surface area is 83.5 Å². The molecule has 1 atom stereocenters. The number of nitrogens with two attached hydrogens (primary N) is 1. The Morgan fingerprint density at radius 1 is 1.50 bits per heavy atom. The molecule has 3 N–H and O–H groups in total. The van der Waals surface area contributed by atoms with Crippen molar-refractivity contribution in [3.63, 3.8) is 0 Å². The summed E-state index contributed by atoms with van der Waals surface area (Å²) in [5.41, 5.74) is 6.73. The van der Waals surface area contributed by atoms with Gasteiger partial charge in [0.05, 0.1) is 0 Å². The second-order valence-electron chi connectivity index (χ2n) is 4.39. The van der Waals surface area contributed by atoms with Crippen molar-refractivity contribution < 1.29 is 9.84 Å². The van der Waals surface area contributed by atoms with Crippen LogP contribution in [0.3, 0.4) is 0 Å². The van der Waals surface area contributed by atoms with Gasteiger partial charge in [-0.25, -0.2) is 0 Å². The molecule has 3 heteroatoms. The molecule has 0 unspecified atom stereocenters. The first-order chi connectivity index (χ1) is 6.48. The second kappa shape index (κ2) is 2.89. The molecular weight excluding hydrogens is 178 g/mol. The topological polar surface area (TPSA) is 55.5 Å². The van der Waals surface area contributed by atoms with Crippen LogP contribution in [-0.4, -0.2) is 10.7 Å². The van der Waals surface area contributed by atoms with Crippen molar-refractivity contribution in [2.24, 2.45) is 5.73 Å². The number of phenols is 1. The fourth-order valence-electron chi connectivity index (χ4n) is 1.90. The number of hydrogen-bond donors (Lipinski definition) is 2. The van der Waals surface area contributed by atoms with E-state index in [1.54, 1.807) is 12.1 Å². The number of hydrogen-bond acceptors (Lipinski definition) is 3. The molecule has 0 saturated carbocycles. The van der Waals surface area contributed by atoms with E-state index < -0.39 is 0 Å². The van der Waals surface area contributed by atoms with Gasteiger partial charge in [0.25, 0.3) is 0 Å². The minimum atomic E-state index is -0.250. The first kappa shape index (κ1) is 9.34. The lowest BCUT2D eigenvalue weighted by Crippen LogP contribution is -2.37. The van der Waals surface area contributed by atoms with Crippen LogP contribution in [-0.2, 0) is 0 Å². The third-order valence-electron chi connectivity index (χ3n) is 2.49. The summed E-state index contributed by atoms with van der Waals surface area (Å²) in [5, 5.41) is 9.32. The van der Waals surface area contributed by atoms with Crippen LogP contribution in [0.2, 0.25) is 0 Å². The van der Waals surface area contributed by atoms with Gasteiger partial charge in [0.1, 0.15) is 17.1 Å². The van der Waals surface area contributed by atoms with Gasteiger partial charge < -0.3 is 15.6 Å². The third-order valence-corrected chi connectivity index (χ3v) is 2.49. The molecule has 0 aromatic heterocycles. The van der Waals surface area contributed by atoms with Gasteiger partial charge in [-0.1, -0.05) is 6.07 Å². The smallest absolute Gasteiger partial charge is 0.128 e. The summed E-state index contributed by atoms with van der Waals surface area (Å²) in [4.78, 5) is 0. The van der Waals surface area contributed by atoms with Crippen LogP contribution in [0.5, 0.6) is 11.5 Å². The van der Waals surface area contributed by atoms with E-state index in [-0.39, 0.29) is 17.4 Å². The summed E-state index contributed by atoms with van der Waals surface area (Å²) in [6.07, 6.45) is 0.796. The largest absolute Gasteiger partial charge is 0.508 e. The van der Waals surface area contributed by atoms with Gasteiger partial charge in [0.15, 0.2) is 0 Å². The summed E-state index contributed by atoms with van der Waals surface area (Å²) in [5.74, 6) is 0.919. The monoisotopic (exact) mass is 193 g/mol. The maximum atomic E-state index is 9.32. The Kier molecular flexibility index (Phi) is 1.93. The summed E-state index contributed by atoms with van der Waals surface area (Å²) in [6.45, 7) is 4.00. The van der Waals surface area contributed by atoms with Crippen LogP contribution in [0.15, 0.2) is 18.2 Å². The van der Waals surface area contributed by atoms with E-state index in [0.717, 1.165) is 12.0 Å². The molecule has 0 amide bonds. The van der Waals surface area contributed by atoms with E-state index in [1.807, 2.05) is 19.9 Å². The molecule has 1 aromatic carbocycles. The summed E-state index contributed by atoms with van der Waals surface area (Å²) >= 11 is 0. The zero-order valence-electron chi connectivity index (χ0n) is 8.45. The number of fused-ring (bicyclic) bond motifs is 1. The molecule has 1 aliphatic heterocycles. The molecule has 76 valence electrons. The van der Waals surface area contributed by atoms with Gasteiger partial charge in [0, 0.05) is 24.1 Å². The molecule has 0 fully saturated rings. The minimum absolute atomic E-state index is 0.00523. The molecule has 0 bridgehead atoms. The standard InChI is InChI=1S/C11H15NO2/c1-11(2)6-9(12)8-4-3-7(13)5-10(8)14-11/h3-5,9,13H,6,12H2,1-2H3/t9-/m1/s1. The Hall–Kier alpha value is -1.22. The zero-order valence-corrected chi connectivity index (χ0v) is 8.45. The first-order valence-electron chi connectivity index (χ1n) is 4.75. The van der Waals surface area contributed by atoms with Crippen molar-refractivity contribution in [3.8, 4) is 11.5 Å². The van der Waals surface area contributed by atoms with Crippen LogP contribution < -0.4 is 10.5 Å². The lowest BCUT2D eigenvalue weighted by Gasteiger charge is -2.36. The summed E-state index contributed by atoms with van der Waals surface area (Å²) < 4.78 is 5.73. The number of phenolic OH excluding ortho intramolecular Hbond substituents is 1. The Morgan fingerprint density at radius 2 is 2.21 bits per heavy atom. The predicted octanol–water partition coefficient (Wildman–Crippen LogP) is 1.95. The molecular formula is C11H15NO2. The zero-order chi connectivity index (χ0) is 10.3. The van der Waals surface area contributed by atoms with Gasteiger partial charge in [-0.05, 0) is 19.9 Å². The molecule has 1 aromatic rings. The van der Waals surface area contributed by atoms with Crippen molar-refractivity contribution in [2.45, 2.75) is 31.9 Å². The Balaban J connectivity index is 2.46. The third kappa shape index (κ3) is 1.55. The predicted molar refractivity (Wildman–Crippen MR) is 54.4 cm³/mol. The Bertz CT molecular complexity index is 360. The molecule has 3 nitrogen and oxygen atoms in total. The van der Waals surface area contributed by atoms with Gasteiger partial charge in [0.2, 0.25) is 0 Å². The Morgan fingerprint density at radius 3 is 2.93 bits per heavy atom. The van der Waals surface area contributed by atoms with Crippen molar-refractivity contribution in [1.29, 1.82) is 0 Å². The lowest BCUT2D eigenvalue weighted by molar-refractivity contribution is 0.0726. The quantitative estimate of drug-likeness (QED) is 0.662. The van der Waals surface area contributed by atoms with Crippen LogP contribution in [0.4, 0.5) is 0 Å². The number of aromatic hydroxyl groups is 1. The van der Waals surface area contributed by atoms with Gasteiger partial charge >= 0.3 is 0 Å². The van der Waals surface area contributed by atoms with Crippen LogP contribution >= 0.6 is 0 Å².